The summed E-state index contributed by atoms with van der Waals surface area (Å²) in [7, 11) is 0. The summed E-state index contributed by atoms with van der Waals surface area (Å²) < 4.78 is 0. The number of rotatable bonds is 25. The van der Waals surface area contributed by atoms with Gasteiger partial charge in [-0.3, -0.25) is 0 Å². The molecule has 1 nitrogen and oxygen atoms in total. The van der Waals surface area contributed by atoms with Gasteiger partial charge in [-0.15, -0.1) is 0 Å². The molecule has 1 atom stereocenters. The van der Waals surface area contributed by atoms with Crippen molar-refractivity contribution in [3.05, 3.63) is 0 Å². The summed E-state index contributed by atoms with van der Waals surface area (Å²) in [4.78, 5) is 0. The second-order valence-corrected chi connectivity index (χ2v) is 9.59. The maximum atomic E-state index is 3.93. The van der Waals surface area contributed by atoms with Crippen molar-refractivity contribution in [1.82, 2.24) is 5.32 Å². The van der Waals surface area contributed by atoms with Crippen LogP contribution in [0.5, 0.6) is 0 Å². The molecule has 0 saturated heterocycles. The monoisotopic (exact) mass is 409 g/mol. The van der Waals surface area contributed by atoms with Gasteiger partial charge in [0, 0.05) is 6.04 Å². The van der Waals surface area contributed by atoms with E-state index in [4.69, 9.17) is 0 Å². The lowest BCUT2D eigenvalue weighted by atomic mass is 10.00. The van der Waals surface area contributed by atoms with Gasteiger partial charge in [-0.2, -0.15) is 0 Å². The maximum absolute atomic E-state index is 3.93. The van der Waals surface area contributed by atoms with Gasteiger partial charge in [0.25, 0.3) is 0 Å². The molecule has 0 heterocycles. The first-order chi connectivity index (χ1) is 14.3. The Labute approximate surface area is 186 Å². The van der Waals surface area contributed by atoms with Gasteiger partial charge >= 0.3 is 0 Å². The third-order valence-electron chi connectivity index (χ3n) is 6.53. The molecular formula is C28H59N. The van der Waals surface area contributed by atoms with E-state index in [2.05, 4.69) is 26.1 Å². The van der Waals surface area contributed by atoms with E-state index in [0.29, 0.717) is 0 Å². The fourth-order valence-electron chi connectivity index (χ4n) is 4.43. The van der Waals surface area contributed by atoms with E-state index in [0.717, 1.165) is 6.04 Å². The maximum Gasteiger partial charge on any atom is 0.00670 e. The molecule has 0 spiro atoms. The minimum Gasteiger partial charge on any atom is -0.314 e. The van der Waals surface area contributed by atoms with Gasteiger partial charge in [-0.05, 0) is 25.8 Å². The summed E-state index contributed by atoms with van der Waals surface area (Å²) in [5.41, 5.74) is 0. The van der Waals surface area contributed by atoms with Crippen LogP contribution in [0.1, 0.15) is 168 Å². The molecule has 1 unspecified atom stereocenters. The van der Waals surface area contributed by atoms with Crippen molar-refractivity contribution >= 4 is 0 Å². The van der Waals surface area contributed by atoms with Gasteiger partial charge in [-0.1, -0.05) is 149 Å². The van der Waals surface area contributed by atoms with Crippen LogP contribution in [0.15, 0.2) is 0 Å². The molecule has 0 aromatic rings. The van der Waals surface area contributed by atoms with Crippen molar-refractivity contribution in [2.75, 3.05) is 6.54 Å². The minimum atomic E-state index is 0.793. The Morgan fingerprint density at radius 2 is 0.690 bits per heavy atom. The third-order valence-corrected chi connectivity index (χ3v) is 6.53. The molecule has 0 aliphatic carbocycles. The van der Waals surface area contributed by atoms with E-state index in [1.807, 2.05) is 0 Å². The highest BCUT2D eigenvalue weighted by Gasteiger charge is 2.07. The lowest BCUT2D eigenvalue weighted by Crippen LogP contribution is -2.30. The molecule has 29 heavy (non-hydrogen) atoms. The minimum absolute atomic E-state index is 0.793. The van der Waals surface area contributed by atoms with E-state index in [1.165, 1.54) is 154 Å². The van der Waals surface area contributed by atoms with Gasteiger partial charge in [0.05, 0.1) is 0 Å². The van der Waals surface area contributed by atoms with Crippen molar-refractivity contribution in [3.63, 3.8) is 0 Å². The largest absolute Gasteiger partial charge is 0.314 e. The number of hydrogen-bond acceptors (Lipinski definition) is 1. The normalized spacial score (nSPS) is 12.5. The lowest BCUT2D eigenvalue weighted by Gasteiger charge is -2.19. The first-order valence-electron chi connectivity index (χ1n) is 14.1. The second kappa shape index (κ2) is 26.0. The highest BCUT2D eigenvalue weighted by molar-refractivity contribution is 4.67. The molecule has 0 aromatic heterocycles. The predicted molar refractivity (Wildman–Crippen MR) is 135 cm³/mol. The predicted octanol–water partition coefficient (Wildman–Crippen LogP) is 9.98. The molecule has 0 aromatic carbocycles. The van der Waals surface area contributed by atoms with Crippen LogP contribution in [0.2, 0.25) is 0 Å². The molecule has 176 valence electrons. The van der Waals surface area contributed by atoms with E-state index >= 15 is 0 Å². The van der Waals surface area contributed by atoms with Gasteiger partial charge in [-0.25, -0.2) is 0 Å². The first kappa shape index (κ1) is 29.0. The van der Waals surface area contributed by atoms with Crippen molar-refractivity contribution in [2.24, 2.45) is 0 Å². The molecule has 0 amide bonds. The van der Waals surface area contributed by atoms with Crippen LogP contribution in [-0.2, 0) is 0 Å². The molecule has 0 aliphatic heterocycles. The first-order valence-corrected chi connectivity index (χ1v) is 14.1. The molecule has 0 aliphatic rings. The molecule has 0 fully saturated rings. The average molecular weight is 410 g/mol. The quantitative estimate of drug-likeness (QED) is 0.148. The van der Waals surface area contributed by atoms with Crippen molar-refractivity contribution < 1.29 is 0 Å². The highest BCUT2D eigenvalue weighted by Crippen LogP contribution is 2.15. The number of nitrogens with one attached hydrogen (secondary N) is 1. The van der Waals surface area contributed by atoms with E-state index in [9.17, 15) is 0 Å². The van der Waals surface area contributed by atoms with E-state index in [-0.39, 0.29) is 0 Å². The van der Waals surface area contributed by atoms with Gasteiger partial charge < -0.3 is 5.32 Å². The Morgan fingerprint density at radius 3 is 1.10 bits per heavy atom. The fraction of sp³-hybridized carbons (Fsp3) is 1.00. The zero-order valence-electron chi connectivity index (χ0n) is 21.0. The Hall–Kier alpha value is -0.0400. The van der Waals surface area contributed by atoms with E-state index in [1.54, 1.807) is 0 Å². The Morgan fingerprint density at radius 1 is 0.379 bits per heavy atom. The summed E-state index contributed by atoms with van der Waals surface area (Å²) in [6, 6.07) is 0.793. The van der Waals surface area contributed by atoms with Gasteiger partial charge in [0.15, 0.2) is 0 Å². The van der Waals surface area contributed by atoms with Crippen molar-refractivity contribution in [2.45, 2.75) is 174 Å². The van der Waals surface area contributed by atoms with Gasteiger partial charge in [0.2, 0.25) is 0 Å². The molecular weight excluding hydrogens is 350 g/mol. The molecule has 0 saturated carbocycles. The van der Waals surface area contributed by atoms with Crippen LogP contribution in [0.25, 0.3) is 0 Å². The second-order valence-electron chi connectivity index (χ2n) is 9.59. The summed E-state index contributed by atoms with van der Waals surface area (Å²) >= 11 is 0. The van der Waals surface area contributed by atoms with Gasteiger partial charge in [0.1, 0.15) is 0 Å². The number of unbranched alkanes of at least 4 members (excludes halogenated alkanes) is 18. The van der Waals surface area contributed by atoms with Crippen LogP contribution >= 0.6 is 0 Å². The Balaban J connectivity index is 3.66. The standard InChI is InChI=1S/C28H59N/c1-4-7-10-13-15-16-17-19-21-24-27-29-28(25-22-12-9-6-3)26-23-20-18-14-11-8-5-2/h28-29H,4-27H2,1-3H3. The summed E-state index contributed by atoms with van der Waals surface area (Å²) in [6.45, 7) is 8.19. The Bertz CT molecular complexity index is 275. The third kappa shape index (κ3) is 24.1. The summed E-state index contributed by atoms with van der Waals surface area (Å²) in [6.07, 6.45) is 32.9. The lowest BCUT2D eigenvalue weighted by molar-refractivity contribution is 0.406. The zero-order chi connectivity index (χ0) is 21.3. The van der Waals surface area contributed by atoms with Crippen LogP contribution in [0.3, 0.4) is 0 Å². The summed E-state index contributed by atoms with van der Waals surface area (Å²) in [5, 5.41) is 3.93. The molecule has 0 rings (SSSR count). The van der Waals surface area contributed by atoms with Crippen molar-refractivity contribution in [1.29, 1.82) is 0 Å². The smallest absolute Gasteiger partial charge is 0.00670 e. The molecule has 1 N–H and O–H groups in total. The average Bonchev–Trinajstić information content (AvgIpc) is 2.73. The molecule has 0 bridgehead atoms. The summed E-state index contributed by atoms with van der Waals surface area (Å²) in [5.74, 6) is 0. The van der Waals surface area contributed by atoms with E-state index < -0.39 is 0 Å². The number of hydrogen-bond donors (Lipinski definition) is 1. The molecule has 1 heteroatoms. The topological polar surface area (TPSA) is 12.0 Å². The SMILES string of the molecule is CCCCCCCCCCCCNC(CCCCCC)CCCCCCCCC. The van der Waals surface area contributed by atoms with Crippen LogP contribution in [0.4, 0.5) is 0 Å². The van der Waals surface area contributed by atoms with Crippen molar-refractivity contribution in [3.8, 4) is 0 Å². The van der Waals surface area contributed by atoms with Crippen LogP contribution in [0, 0.1) is 0 Å². The zero-order valence-corrected chi connectivity index (χ0v) is 21.0. The van der Waals surface area contributed by atoms with Crippen LogP contribution < -0.4 is 5.32 Å². The fourth-order valence-corrected chi connectivity index (χ4v) is 4.43. The Kier molecular flexibility index (Phi) is 26.0. The molecule has 0 radical (unpaired) electrons. The van der Waals surface area contributed by atoms with Crippen LogP contribution in [-0.4, -0.2) is 12.6 Å². The highest BCUT2D eigenvalue weighted by atomic mass is 14.9.